The highest BCUT2D eigenvalue weighted by Gasteiger charge is 2.43. The molecule has 2 amide bonds. The number of alkyl halides is 1. The fourth-order valence-corrected chi connectivity index (χ4v) is 3.16. The highest BCUT2D eigenvalue weighted by Crippen LogP contribution is 2.35. The van der Waals surface area contributed by atoms with E-state index in [9.17, 15) is 9.59 Å². The van der Waals surface area contributed by atoms with Crippen molar-refractivity contribution < 1.29 is 14.3 Å². The van der Waals surface area contributed by atoms with E-state index in [0.29, 0.717) is 0 Å². The fourth-order valence-electron chi connectivity index (χ4n) is 3.08. The smallest absolute Gasteiger partial charge is 0.410 e. The standard InChI is InChI=1S/C16H27ClN2O3/c1-16(2,3)22-15(21)19(11-8-9-11)13-7-5-4-6-12(13)18-14(20)10-17/h11-13H,4-10H2,1-3H3,(H,18,20)/t12-,13+/m1/s1. The first-order valence-electron chi connectivity index (χ1n) is 8.18. The molecule has 2 rings (SSSR count). The molecular formula is C16H27ClN2O3. The van der Waals surface area contributed by atoms with Gasteiger partial charge in [0.25, 0.3) is 0 Å². The lowest BCUT2D eigenvalue weighted by Crippen LogP contribution is -2.56. The van der Waals surface area contributed by atoms with Crippen LogP contribution in [0.15, 0.2) is 0 Å². The maximum Gasteiger partial charge on any atom is 0.410 e. The SMILES string of the molecule is CC(C)(C)OC(=O)N(C1CC1)[C@H]1CCCC[C@H]1NC(=O)CCl. The maximum absolute atomic E-state index is 12.6. The summed E-state index contributed by atoms with van der Waals surface area (Å²) in [5, 5.41) is 2.98. The maximum atomic E-state index is 12.6. The monoisotopic (exact) mass is 330 g/mol. The number of halogens is 1. The van der Waals surface area contributed by atoms with Gasteiger partial charge in [-0.15, -0.1) is 11.6 Å². The molecule has 2 aliphatic rings. The van der Waals surface area contributed by atoms with E-state index in [1.807, 2.05) is 25.7 Å². The van der Waals surface area contributed by atoms with Crippen molar-refractivity contribution in [3.05, 3.63) is 0 Å². The molecule has 0 heterocycles. The Bertz CT molecular complexity index is 418. The molecule has 0 aromatic heterocycles. The molecule has 0 radical (unpaired) electrons. The molecule has 22 heavy (non-hydrogen) atoms. The average Bonchev–Trinajstić information content (AvgIpc) is 3.23. The van der Waals surface area contributed by atoms with E-state index in [1.54, 1.807) is 0 Å². The van der Waals surface area contributed by atoms with E-state index in [0.717, 1.165) is 38.5 Å². The Labute approximate surface area is 137 Å². The van der Waals surface area contributed by atoms with Crippen LogP contribution in [0.2, 0.25) is 0 Å². The van der Waals surface area contributed by atoms with Gasteiger partial charge in [0.05, 0.1) is 6.04 Å². The van der Waals surface area contributed by atoms with Gasteiger partial charge in [0.1, 0.15) is 11.5 Å². The number of carbonyl (C=O) groups excluding carboxylic acids is 2. The minimum absolute atomic E-state index is 0.0169. The molecule has 0 saturated heterocycles. The van der Waals surface area contributed by atoms with Gasteiger partial charge in [-0.3, -0.25) is 4.79 Å². The summed E-state index contributed by atoms with van der Waals surface area (Å²) < 4.78 is 5.58. The normalized spacial score (nSPS) is 25.5. The van der Waals surface area contributed by atoms with Crippen LogP contribution < -0.4 is 5.32 Å². The summed E-state index contributed by atoms with van der Waals surface area (Å²) in [6.45, 7) is 5.64. The minimum atomic E-state index is -0.506. The van der Waals surface area contributed by atoms with Crippen molar-refractivity contribution >= 4 is 23.6 Å². The van der Waals surface area contributed by atoms with Crippen LogP contribution in [-0.2, 0) is 9.53 Å². The molecule has 2 fully saturated rings. The molecule has 0 aromatic rings. The first kappa shape index (κ1) is 17.4. The van der Waals surface area contributed by atoms with Gasteiger partial charge in [0.2, 0.25) is 5.91 Å². The largest absolute Gasteiger partial charge is 0.444 e. The number of hydrogen-bond donors (Lipinski definition) is 1. The zero-order chi connectivity index (χ0) is 16.3. The Morgan fingerprint density at radius 2 is 1.82 bits per heavy atom. The Morgan fingerprint density at radius 3 is 2.36 bits per heavy atom. The first-order chi connectivity index (χ1) is 10.3. The van der Waals surface area contributed by atoms with Crippen LogP contribution in [0.5, 0.6) is 0 Å². The summed E-state index contributed by atoms with van der Waals surface area (Å²) in [6, 6.07) is 0.254. The molecule has 0 spiro atoms. The third-order valence-electron chi connectivity index (χ3n) is 4.10. The van der Waals surface area contributed by atoms with E-state index in [1.165, 1.54) is 0 Å². The van der Waals surface area contributed by atoms with Gasteiger partial charge < -0.3 is 15.0 Å². The third-order valence-corrected chi connectivity index (χ3v) is 4.34. The Hall–Kier alpha value is -0.970. The summed E-state index contributed by atoms with van der Waals surface area (Å²) in [7, 11) is 0. The molecule has 0 bridgehead atoms. The van der Waals surface area contributed by atoms with Gasteiger partial charge in [-0.25, -0.2) is 4.79 Å². The average molecular weight is 331 g/mol. The van der Waals surface area contributed by atoms with Crippen molar-refractivity contribution in [2.24, 2.45) is 0 Å². The van der Waals surface area contributed by atoms with Crippen LogP contribution in [0.25, 0.3) is 0 Å². The molecule has 2 atom stereocenters. The van der Waals surface area contributed by atoms with Gasteiger partial charge in [0.15, 0.2) is 0 Å². The lowest BCUT2D eigenvalue weighted by atomic mass is 9.89. The number of ether oxygens (including phenoxy) is 1. The second-order valence-corrected chi connectivity index (χ2v) is 7.55. The van der Waals surface area contributed by atoms with Crippen LogP contribution in [-0.4, -0.2) is 46.5 Å². The summed E-state index contributed by atoms with van der Waals surface area (Å²) >= 11 is 5.61. The summed E-state index contributed by atoms with van der Waals surface area (Å²) in [5.74, 6) is -0.211. The van der Waals surface area contributed by atoms with E-state index in [4.69, 9.17) is 16.3 Å². The van der Waals surface area contributed by atoms with Crippen molar-refractivity contribution in [3.8, 4) is 0 Å². The van der Waals surface area contributed by atoms with Gasteiger partial charge in [0, 0.05) is 12.1 Å². The van der Waals surface area contributed by atoms with E-state index in [-0.39, 0.29) is 36.0 Å². The van der Waals surface area contributed by atoms with Crippen molar-refractivity contribution in [1.29, 1.82) is 0 Å². The molecular weight excluding hydrogens is 304 g/mol. The number of hydrogen-bond acceptors (Lipinski definition) is 3. The third kappa shape index (κ3) is 4.77. The number of nitrogens with zero attached hydrogens (tertiary/aromatic N) is 1. The van der Waals surface area contributed by atoms with Gasteiger partial charge in [-0.2, -0.15) is 0 Å². The molecule has 2 aliphatic carbocycles. The lowest BCUT2D eigenvalue weighted by Gasteiger charge is -2.40. The van der Waals surface area contributed by atoms with Crippen molar-refractivity contribution in [2.75, 3.05) is 5.88 Å². The van der Waals surface area contributed by atoms with Crippen LogP contribution >= 0.6 is 11.6 Å². The number of carbonyl (C=O) groups is 2. The molecule has 126 valence electrons. The van der Waals surface area contributed by atoms with Crippen molar-refractivity contribution in [3.63, 3.8) is 0 Å². The fraction of sp³-hybridized carbons (Fsp3) is 0.875. The topological polar surface area (TPSA) is 58.6 Å². The zero-order valence-corrected chi connectivity index (χ0v) is 14.5. The van der Waals surface area contributed by atoms with Crippen LogP contribution in [0, 0.1) is 0 Å². The van der Waals surface area contributed by atoms with E-state index < -0.39 is 5.60 Å². The molecule has 0 aromatic carbocycles. The van der Waals surface area contributed by atoms with Gasteiger partial charge >= 0.3 is 6.09 Å². The van der Waals surface area contributed by atoms with Crippen LogP contribution in [0.1, 0.15) is 59.3 Å². The summed E-state index contributed by atoms with van der Waals surface area (Å²) in [5.41, 5.74) is -0.506. The van der Waals surface area contributed by atoms with E-state index in [2.05, 4.69) is 5.32 Å². The van der Waals surface area contributed by atoms with Crippen molar-refractivity contribution in [1.82, 2.24) is 10.2 Å². The van der Waals surface area contributed by atoms with Crippen molar-refractivity contribution in [2.45, 2.75) is 83.0 Å². The van der Waals surface area contributed by atoms with E-state index >= 15 is 0 Å². The first-order valence-corrected chi connectivity index (χ1v) is 8.72. The highest BCUT2D eigenvalue weighted by molar-refractivity contribution is 6.27. The zero-order valence-electron chi connectivity index (χ0n) is 13.7. The second kappa shape index (κ2) is 7.07. The van der Waals surface area contributed by atoms with Crippen LogP contribution in [0.4, 0.5) is 4.79 Å². The Balaban J connectivity index is 2.10. The number of amides is 2. The predicted octanol–water partition coefficient (Wildman–Crippen LogP) is 3.05. The van der Waals surface area contributed by atoms with Gasteiger partial charge in [-0.1, -0.05) is 12.8 Å². The van der Waals surface area contributed by atoms with Crippen LogP contribution in [0.3, 0.4) is 0 Å². The second-order valence-electron chi connectivity index (χ2n) is 7.28. The number of rotatable bonds is 4. The molecule has 2 saturated carbocycles. The molecule has 1 N–H and O–H groups in total. The molecule has 5 nitrogen and oxygen atoms in total. The number of nitrogens with one attached hydrogen (secondary N) is 1. The van der Waals surface area contributed by atoms with Gasteiger partial charge in [-0.05, 0) is 46.5 Å². The summed E-state index contributed by atoms with van der Waals surface area (Å²) in [4.78, 5) is 26.1. The lowest BCUT2D eigenvalue weighted by molar-refractivity contribution is -0.120. The minimum Gasteiger partial charge on any atom is -0.444 e. The Morgan fingerprint density at radius 1 is 1.18 bits per heavy atom. The predicted molar refractivity (Wildman–Crippen MR) is 86.0 cm³/mol. The Kier molecular flexibility index (Phi) is 5.59. The highest BCUT2D eigenvalue weighted by atomic mass is 35.5. The molecule has 0 unspecified atom stereocenters. The quantitative estimate of drug-likeness (QED) is 0.806. The summed E-state index contributed by atoms with van der Waals surface area (Å²) in [6.07, 6.45) is 5.72. The molecule has 6 heteroatoms. The molecule has 0 aliphatic heterocycles.